The smallest absolute Gasteiger partial charge is 0.273 e. The lowest BCUT2D eigenvalue weighted by Crippen LogP contribution is -2.33. The van der Waals surface area contributed by atoms with Crippen molar-refractivity contribution >= 4 is 5.91 Å². The average Bonchev–Trinajstić information content (AvgIpc) is 2.92. The third-order valence-corrected chi connectivity index (χ3v) is 3.60. The summed E-state index contributed by atoms with van der Waals surface area (Å²) in [6.07, 6.45) is 7.16. The Kier molecular flexibility index (Phi) is 3.37. The van der Waals surface area contributed by atoms with Crippen LogP contribution < -0.4 is 5.32 Å². The van der Waals surface area contributed by atoms with E-state index in [0.717, 1.165) is 25.2 Å². The quantitative estimate of drug-likeness (QED) is 0.872. The molecule has 0 saturated carbocycles. The first kappa shape index (κ1) is 12.7. The van der Waals surface area contributed by atoms with Crippen molar-refractivity contribution in [2.24, 2.45) is 5.92 Å². The van der Waals surface area contributed by atoms with Crippen LogP contribution in [0.15, 0.2) is 30.7 Å². The summed E-state index contributed by atoms with van der Waals surface area (Å²) < 4.78 is 2.14. The van der Waals surface area contributed by atoms with Gasteiger partial charge in [0, 0.05) is 38.1 Å². The van der Waals surface area contributed by atoms with Crippen LogP contribution in [0.3, 0.4) is 0 Å². The second kappa shape index (κ2) is 5.32. The lowest BCUT2D eigenvalue weighted by molar-refractivity contribution is 0.0936. The van der Waals surface area contributed by atoms with Crippen LogP contribution in [0.4, 0.5) is 0 Å². The van der Waals surface area contributed by atoms with Crippen molar-refractivity contribution in [2.75, 3.05) is 6.54 Å². The Bertz CT molecular complexity index is 623. The van der Waals surface area contributed by atoms with Crippen LogP contribution in [-0.2, 0) is 13.0 Å². The van der Waals surface area contributed by atoms with Crippen molar-refractivity contribution in [1.82, 2.24) is 19.9 Å². The summed E-state index contributed by atoms with van der Waals surface area (Å²) in [5, 5.41) is 12.4. The largest absolute Gasteiger partial charge is 0.505 e. The van der Waals surface area contributed by atoms with E-state index in [2.05, 4.69) is 19.9 Å². The van der Waals surface area contributed by atoms with Crippen molar-refractivity contribution in [3.63, 3.8) is 0 Å². The molecule has 0 saturated heterocycles. The van der Waals surface area contributed by atoms with Gasteiger partial charge in [0.1, 0.15) is 11.6 Å². The molecule has 2 N–H and O–H groups in total. The number of carbonyl (C=O) groups is 1. The SMILES string of the molecule is O=C(NC[C@H]1CCn2ccnc2C1)c1ncccc1O. The summed E-state index contributed by atoms with van der Waals surface area (Å²) in [5.74, 6) is 1.01. The maximum Gasteiger partial charge on any atom is 0.273 e. The van der Waals surface area contributed by atoms with Gasteiger partial charge in [-0.1, -0.05) is 0 Å². The van der Waals surface area contributed by atoms with Gasteiger partial charge < -0.3 is 15.0 Å². The molecule has 2 aromatic heterocycles. The summed E-state index contributed by atoms with van der Waals surface area (Å²) in [6.45, 7) is 1.51. The highest BCUT2D eigenvalue weighted by Gasteiger charge is 2.20. The Morgan fingerprint density at radius 3 is 3.20 bits per heavy atom. The van der Waals surface area contributed by atoms with Crippen molar-refractivity contribution in [1.29, 1.82) is 0 Å². The molecule has 0 aromatic carbocycles. The van der Waals surface area contributed by atoms with Crippen molar-refractivity contribution in [2.45, 2.75) is 19.4 Å². The summed E-state index contributed by atoms with van der Waals surface area (Å²) in [6, 6.07) is 3.05. The second-order valence-corrected chi connectivity index (χ2v) is 4.98. The fraction of sp³-hybridized carbons (Fsp3) is 0.357. The first-order chi connectivity index (χ1) is 9.74. The number of aryl methyl sites for hydroxylation is 1. The number of aromatic hydroxyl groups is 1. The number of nitrogens with zero attached hydrogens (tertiary/aromatic N) is 3. The first-order valence-electron chi connectivity index (χ1n) is 6.66. The fourth-order valence-corrected chi connectivity index (χ4v) is 2.48. The van der Waals surface area contributed by atoms with Gasteiger partial charge in [0.15, 0.2) is 5.69 Å². The lowest BCUT2D eigenvalue weighted by Gasteiger charge is -2.23. The van der Waals surface area contributed by atoms with Crippen LogP contribution >= 0.6 is 0 Å². The number of nitrogens with one attached hydrogen (secondary N) is 1. The highest BCUT2D eigenvalue weighted by molar-refractivity contribution is 5.94. The van der Waals surface area contributed by atoms with Gasteiger partial charge in [-0.25, -0.2) is 9.97 Å². The van der Waals surface area contributed by atoms with Crippen LogP contribution in [0.25, 0.3) is 0 Å². The van der Waals surface area contributed by atoms with Crippen LogP contribution in [0.5, 0.6) is 5.75 Å². The number of amides is 1. The Morgan fingerprint density at radius 2 is 2.35 bits per heavy atom. The van der Waals surface area contributed by atoms with Gasteiger partial charge in [-0.3, -0.25) is 4.79 Å². The van der Waals surface area contributed by atoms with Gasteiger partial charge >= 0.3 is 0 Å². The van der Waals surface area contributed by atoms with Crippen LogP contribution in [0, 0.1) is 5.92 Å². The molecule has 0 aliphatic carbocycles. The highest BCUT2D eigenvalue weighted by atomic mass is 16.3. The third kappa shape index (κ3) is 2.49. The van der Waals surface area contributed by atoms with E-state index in [1.807, 2.05) is 12.4 Å². The summed E-state index contributed by atoms with van der Waals surface area (Å²) in [4.78, 5) is 20.1. The van der Waals surface area contributed by atoms with Gasteiger partial charge in [-0.15, -0.1) is 0 Å². The van der Waals surface area contributed by atoms with E-state index in [4.69, 9.17) is 0 Å². The Labute approximate surface area is 116 Å². The van der Waals surface area contributed by atoms with Gasteiger partial charge in [0.25, 0.3) is 5.91 Å². The molecule has 0 bridgehead atoms. The van der Waals surface area contributed by atoms with Crippen molar-refractivity contribution in [3.05, 3.63) is 42.2 Å². The minimum absolute atomic E-state index is 0.0739. The predicted octanol–water partition coefficient (Wildman–Crippen LogP) is 0.976. The molecular formula is C14H16N4O2. The molecule has 6 heteroatoms. The standard InChI is InChI=1S/C14H16N4O2/c19-11-2-1-4-16-13(11)14(20)17-9-10-3-6-18-7-5-15-12(18)8-10/h1-2,4-5,7,10,19H,3,6,8-9H2,(H,17,20)/t10-/m0/s1. The predicted molar refractivity (Wildman–Crippen MR) is 72.3 cm³/mol. The third-order valence-electron chi connectivity index (χ3n) is 3.60. The Balaban J connectivity index is 1.58. The van der Waals surface area contributed by atoms with E-state index >= 15 is 0 Å². The van der Waals surface area contributed by atoms with Crippen molar-refractivity contribution < 1.29 is 9.90 Å². The number of imidazole rings is 1. The first-order valence-corrected chi connectivity index (χ1v) is 6.66. The molecule has 1 aliphatic heterocycles. The fourth-order valence-electron chi connectivity index (χ4n) is 2.48. The number of hydrogen-bond acceptors (Lipinski definition) is 4. The minimum atomic E-state index is -0.336. The van der Waals surface area contributed by atoms with Crippen LogP contribution in [0.1, 0.15) is 22.7 Å². The molecule has 6 nitrogen and oxygen atoms in total. The van der Waals surface area contributed by atoms with Crippen LogP contribution in [-0.4, -0.2) is 32.1 Å². The van der Waals surface area contributed by atoms with E-state index in [1.165, 1.54) is 12.3 Å². The summed E-state index contributed by atoms with van der Waals surface area (Å²) in [5.41, 5.74) is 0.0739. The Morgan fingerprint density at radius 1 is 1.45 bits per heavy atom. The zero-order valence-electron chi connectivity index (χ0n) is 11.0. The van der Waals surface area contributed by atoms with E-state index in [9.17, 15) is 9.90 Å². The van der Waals surface area contributed by atoms with E-state index in [1.54, 1.807) is 6.07 Å². The molecule has 104 valence electrons. The maximum atomic E-state index is 11.9. The maximum absolute atomic E-state index is 11.9. The molecule has 3 heterocycles. The van der Waals surface area contributed by atoms with Gasteiger partial charge in [0.05, 0.1) is 0 Å². The lowest BCUT2D eigenvalue weighted by atomic mass is 9.98. The number of carbonyl (C=O) groups excluding carboxylic acids is 1. The topological polar surface area (TPSA) is 80.0 Å². The molecule has 2 aromatic rings. The molecule has 1 amide bonds. The molecule has 1 aliphatic rings. The van der Waals surface area contributed by atoms with E-state index in [-0.39, 0.29) is 17.4 Å². The van der Waals surface area contributed by atoms with Gasteiger partial charge in [-0.2, -0.15) is 0 Å². The molecule has 0 fully saturated rings. The Hall–Kier alpha value is -2.37. The summed E-state index contributed by atoms with van der Waals surface area (Å²) in [7, 11) is 0. The molecule has 1 atom stereocenters. The van der Waals surface area contributed by atoms with E-state index < -0.39 is 0 Å². The number of rotatable bonds is 3. The molecule has 0 radical (unpaired) electrons. The zero-order valence-corrected chi connectivity index (χ0v) is 11.0. The second-order valence-electron chi connectivity index (χ2n) is 4.98. The molecule has 20 heavy (non-hydrogen) atoms. The molecular weight excluding hydrogens is 256 g/mol. The van der Waals surface area contributed by atoms with Gasteiger partial charge in [-0.05, 0) is 24.5 Å². The zero-order chi connectivity index (χ0) is 13.9. The molecule has 3 rings (SSSR count). The highest BCUT2D eigenvalue weighted by Crippen LogP contribution is 2.19. The van der Waals surface area contributed by atoms with E-state index in [0.29, 0.717) is 12.5 Å². The minimum Gasteiger partial charge on any atom is -0.505 e. The normalized spacial score (nSPS) is 17.5. The van der Waals surface area contributed by atoms with Crippen molar-refractivity contribution in [3.8, 4) is 5.75 Å². The number of fused-ring (bicyclic) bond motifs is 1. The van der Waals surface area contributed by atoms with Crippen LogP contribution in [0.2, 0.25) is 0 Å². The number of pyridine rings is 1. The summed E-state index contributed by atoms with van der Waals surface area (Å²) >= 11 is 0. The number of hydrogen-bond donors (Lipinski definition) is 2. The number of aromatic nitrogens is 3. The molecule has 0 spiro atoms. The molecule has 0 unspecified atom stereocenters. The average molecular weight is 272 g/mol. The monoisotopic (exact) mass is 272 g/mol. The van der Waals surface area contributed by atoms with Gasteiger partial charge in [0.2, 0.25) is 0 Å².